The highest BCUT2D eigenvalue weighted by Gasteiger charge is 2.40. The molecule has 1 atom stereocenters. The Hall–Kier alpha value is -2.61. The second kappa shape index (κ2) is 6.36. The number of carbonyl (C=O) groups excluding carboxylic acids is 3. The van der Waals surface area contributed by atoms with Gasteiger partial charge in [-0.1, -0.05) is 42.1 Å². The van der Waals surface area contributed by atoms with Crippen molar-refractivity contribution in [1.29, 1.82) is 0 Å². The Kier molecular flexibility index (Phi) is 4.04. The van der Waals surface area contributed by atoms with Crippen LogP contribution in [0.2, 0.25) is 0 Å². The highest BCUT2D eigenvalue weighted by atomic mass is 32.2. The van der Waals surface area contributed by atoms with Gasteiger partial charge in [0.1, 0.15) is 5.69 Å². The lowest BCUT2D eigenvalue weighted by molar-refractivity contribution is -0.126. The molecule has 25 heavy (non-hydrogen) atoms. The van der Waals surface area contributed by atoms with Gasteiger partial charge in [-0.05, 0) is 12.5 Å². The molecule has 0 saturated carbocycles. The Balaban J connectivity index is 1.46. The van der Waals surface area contributed by atoms with Gasteiger partial charge in [0.25, 0.3) is 11.1 Å². The van der Waals surface area contributed by atoms with Crippen LogP contribution in [0.4, 0.5) is 4.79 Å². The number of hydrogen-bond acceptors (Lipinski definition) is 5. The SMILES string of the molecule is O=C(c1cc(-c2ccccc2)n[nH]1)N1CCC(N2C(=O)CSC2=O)C1. The second-order valence-electron chi connectivity index (χ2n) is 6.04. The molecule has 1 unspecified atom stereocenters. The normalized spacial score (nSPS) is 20.6. The smallest absolute Gasteiger partial charge is 0.289 e. The van der Waals surface area contributed by atoms with E-state index in [9.17, 15) is 14.4 Å². The van der Waals surface area contributed by atoms with Crippen molar-refractivity contribution in [2.24, 2.45) is 0 Å². The predicted octanol–water partition coefficient (Wildman–Crippen LogP) is 1.99. The van der Waals surface area contributed by atoms with Crippen molar-refractivity contribution in [3.63, 3.8) is 0 Å². The monoisotopic (exact) mass is 356 g/mol. The molecule has 3 amide bonds. The first-order valence-electron chi connectivity index (χ1n) is 8.02. The number of carbonyl (C=O) groups is 3. The third kappa shape index (κ3) is 2.93. The summed E-state index contributed by atoms with van der Waals surface area (Å²) in [5, 5.41) is 6.78. The van der Waals surface area contributed by atoms with Gasteiger partial charge in [-0.15, -0.1) is 0 Å². The molecule has 8 heteroatoms. The van der Waals surface area contributed by atoms with E-state index in [1.54, 1.807) is 11.0 Å². The Labute approximate surface area is 148 Å². The van der Waals surface area contributed by atoms with Gasteiger partial charge in [-0.3, -0.25) is 24.4 Å². The van der Waals surface area contributed by atoms with Gasteiger partial charge in [-0.25, -0.2) is 0 Å². The van der Waals surface area contributed by atoms with Crippen molar-refractivity contribution in [3.8, 4) is 11.3 Å². The van der Waals surface area contributed by atoms with Crippen LogP contribution in [-0.4, -0.2) is 61.9 Å². The molecule has 2 aliphatic rings. The van der Waals surface area contributed by atoms with Gasteiger partial charge in [0.2, 0.25) is 5.91 Å². The third-order valence-corrected chi connectivity index (χ3v) is 5.31. The van der Waals surface area contributed by atoms with Crippen molar-refractivity contribution in [3.05, 3.63) is 42.1 Å². The van der Waals surface area contributed by atoms with E-state index >= 15 is 0 Å². The summed E-state index contributed by atoms with van der Waals surface area (Å²) in [4.78, 5) is 39.3. The predicted molar refractivity (Wildman–Crippen MR) is 93.0 cm³/mol. The lowest BCUT2D eigenvalue weighted by atomic mass is 10.1. The number of nitrogens with one attached hydrogen (secondary N) is 1. The first-order chi connectivity index (χ1) is 12.1. The van der Waals surface area contributed by atoms with Crippen LogP contribution in [0.3, 0.4) is 0 Å². The maximum Gasteiger partial charge on any atom is 0.289 e. The number of rotatable bonds is 3. The molecule has 7 nitrogen and oxygen atoms in total. The molecule has 128 valence electrons. The number of nitrogens with zero attached hydrogens (tertiary/aromatic N) is 3. The van der Waals surface area contributed by atoms with Crippen LogP contribution in [-0.2, 0) is 4.79 Å². The molecule has 2 aliphatic heterocycles. The van der Waals surface area contributed by atoms with E-state index in [0.29, 0.717) is 30.9 Å². The Morgan fingerprint density at radius 3 is 2.76 bits per heavy atom. The van der Waals surface area contributed by atoms with Gasteiger partial charge < -0.3 is 4.90 Å². The van der Waals surface area contributed by atoms with Crippen LogP contribution in [0.1, 0.15) is 16.9 Å². The standard InChI is InChI=1S/C17H16N4O3S/c22-15-10-25-17(24)21(15)12-6-7-20(9-12)16(23)14-8-13(18-19-14)11-4-2-1-3-5-11/h1-5,8,12H,6-7,9-10H2,(H,18,19). The molecule has 0 radical (unpaired) electrons. The number of benzene rings is 1. The van der Waals surface area contributed by atoms with Gasteiger partial charge in [0.05, 0.1) is 17.5 Å². The number of likely N-dealkylation sites (tertiary alicyclic amines) is 1. The van der Waals surface area contributed by atoms with Gasteiger partial charge >= 0.3 is 0 Å². The van der Waals surface area contributed by atoms with Crippen LogP contribution in [0.5, 0.6) is 0 Å². The quantitative estimate of drug-likeness (QED) is 0.909. The van der Waals surface area contributed by atoms with Crippen molar-refractivity contribution >= 4 is 28.8 Å². The van der Waals surface area contributed by atoms with Crippen molar-refractivity contribution in [1.82, 2.24) is 20.0 Å². The maximum atomic E-state index is 12.7. The average molecular weight is 356 g/mol. The molecule has 0 aliphatic carbocycles. The van der Waals surface area contributed by atoms with Gasteiger partial charge in [0.15, 0.2) is 0 Å². The minimum absolute atomic E-state index is 0.163. The zero-order valence-electron chi connectivity index (χ0n) is 13.3. The van der Waals surface area contributed by atoms with Crippen LogP contribution < -0.4 is 0 Å². The number of aromatic amines is 1. The number of aromatic nitrogens is 2. The van der Waals surface area contributed by atoms with E-state index in [0.717, 1.165) is 17.3 Å². The van der Waals surface area contributed by atoms with E-state index in [1.165, 1.54) is 4.90 Å². The summed E-state index contributed by atoms with van der Waals surface area (Å²) in [6.07, 6.45) is 0.615. The minimum atomic E-state index is -0.226. The lowest BCUT2D eigenvalue weighted by Crippen LogP contribution is -2.41. The van der Waals surface area contributed by atoms with E-state index in [1.807, 2.05) is 30.3 Å². The topological polar surface area (TPSA) is 86.4 Å². The molecule has 2 saturated heterocycles. The Bertz CT molecular complexity index is 819. The van der Waals surface area contributed by atoms with E-state index in [4.69, 9.17) is 0 Å². The van der Waals surface area contributed by atoms with Crippen molar-refractivity contribution < 1.29 is 14.4 Å². The van der Waals surface area contributed by atoms with E-state index in [-0.39, 0.29) is 28.8 Å². The first kappa shape index (κ1) is 15.9. The summed E-state index contributed by atoms with van der Waals surface area (Å²) in [6.45, 7) is 0.890. The van der Waals surface area contributed by atoms with E-state index in [2.05, 4.69) is 10.2 Å². The molecule has 2 aromatic rings. The summed E-state index contributed by atoms with van der Waals surface area (Å²) >= 11 is 1.03. The number of imide groups is 1. The van der Waals surface area contributed by atoms with Crippen LogP contribution in [0.15, 0.2) is 36.4 Å². The summed E-state index contributed by atoms with van der Waals surface area (Å²) in [6, 6.07) is 11.1. The number of hydrogen-bond donors (Lipinski definition) is 1. The van der Waals surface area contributed by atoms with Gasteiger partial charge in [0, 0.05) is 18.7 Å². The zero-order chi connectivity index (χ0) is 17.4. The van der Waals surface area contributed by atoms with Crippen LogP contribution in [0.25, 0.3) is 11.3 Å². The fourth-order valence-electron chi connectivity index (χ4n) is 3.21. The molecule has 1 N–H and O–H groups in total. The molecule has 2 fully saturated rings. The molecule has 1 aromatic carbocycles. The number of thioether (sulfide) groups is 1. The molecular formula is C17H16N4O3S. The molecule has 1 aromatic heterocycles. The van der Waals surface area contributed by atoms with Crippen molar-refractivity contribution in [2.45, 2.75) is 12.5 Å². The second-order valence-corrected chi connectivity index (χ2v) is 6.97. The van der Waals surface area contributed by atoms with Crippen molar-refractivity contribution in [2.75, 3.05) is 18.8 Å². The lowest BCUT2D eigenvalue weighted by Gasteiger charge is -2.21. The Morgan fingerprint density at radius 2 is 2.04 bits per heavy atom. The molecule has 0 spiro atoms. The first-order valence-corrected chi connectivity index (χ1v) is 9.01. The largest absolute Gasteiger partial charge is 0.335 e. The number of amides is 3. The van der Waals surface area contributed by atoms with Crippen LogP contribution >= 0.6 is 11.8 Å². The highest BCUT2D eigenvalue weighted by molar-refractivity contribution is 8.14. The van der Waals surface area contributed by atoms with E-state index < -0.39 is 0 Å². The highest BCUT2D eigenvalue weighted by Crippen LogP contribution is 2.27. The summed E-state index contributed by atoms with van der Waals surface area (Å²) < 4.78 is 0. The molecule has 3 heterocycles. The number of H-pyrrole nitrogens is 1. The third-order valence-electron chi connectivity index (χ3n) is 4.48. The summed E-state index contributed by atoms with van der Waals surface area (Å²) in [5.74, 6) is -0.129. The fraction of sp³-hybridized carbons (Fsp3) is 0.294. The minimum Gasteiger partial charge on any atom is -0.335 e. The molecule has 0 bridgehead atoms. The summed E-state index contributed by atoms with van der Waals surface area (Å²) in [5.41, 5.74) is 2.05. The maximum absolute atomic E-state index is 12.7. The Morgan fingerprint density at radius 1 is 1.24 bits per heavy atom. The summed E-state index contributed by atoms with van der Waals surface area (Å²) in [7, 11) is 0. The molecule has 4 rings (SSSR count). The molecular weight excluding hydrogens is 340 g/mol. The van der Waals surface area contributed by atoms with Gasteiger partial charge in [-0.2, -0.15) is 5.10 Å². The van der Waals surface area contributed by atoms with Crippen LogP contribution in [0, 0.1) is 0 Å². The average Bonchev–Trinajstić information content (AvgIpc) is 3.35. The fourth-order valence-corrected chi connectivity index (χ4v) is 3.99. The zero-order valence-corrected chi connectivity index (χ0v) is 14.2.